The molecule has 6 heteroatoms. The number of hydrogen-bond acceptors (Lipinski definition) is 3. The first-order valence-corrected chi connectivity index (χ1v) is 7.26. The molecule has 1 saturated heterocycles. The van der Waals surface area contributed by atoms with Crippen LogP contribution in [-0.4, -0.2) is 49.1 Å². The molecule has 1 aliphatic heterocycles. The van der Waals surface area contributed by atoms with Crippen LogP contribution in [0.4, 0.5) is 13.2 Å². The Kier molecular flexibility index (Phi) is 5.24. The number of benzene rings is 1. The minimum Gasteiger partial charge on any atom is -0.329 e. The minimum atomic E-state index is -1.17. The molecule has 0 bridgehead atoms. The van der Waals surface area contributed by atoms with Crippen molar-refractivity contribution in [1.82, 2.24) is 9.80 Å². The summed E-state index contributed by atoms with van der Waals surface area (Å²) >= 11 is 0. The van der Waals surface area contributed by atoms with Crippen LogP contribution >= 0.6 is 0 Å². The van der Waals surface area contributed by atoms with Crippen LogP contribution in [-0.2, 0) is 0 Å². The monoisotopic (exact) mass is 301 g/mol. The van der Waals surface area contributed by atoms with Crippen LogP contribution in [0, 0.1) is 17.5 Å². The van der Waals surface area contributed by atoms with E-state index in [1.807, 2.05) is 0 Å². The number of hydrogen-bond donors (Lipinski definition) is 1. The highest BCUT2D eigenvalue weighted by Gasteiger charge is 2.30. The summed E-state index contributed by atoms with van der Waals surface area (Å²) < 4.78 is 40.5. The Hall–Kier alpha value is -1.11. The normalized spacial score (nSPS) is 22.5. The summed E-state index contributed by atoms with van der Waals surface area (Å²) in [6.45, 7) is 4.59. The van der Waals surface area contributed by atoms with Crippen molar-refractivity contribution in [1.29, 1.82) is 0 Å². The Bertz CT molecular complexity index is 495. The number of halogens is 3. The molecule has 0 saturated carbocycles. The van der Waals surface area contributed by atoms with Crippen LogP contribution in [0.3, 0.4) is 0 Å². The van der Waals surface area contributed by atoms with Crippen LogP contribution in [0.25, 0.3) is 0 Å². The lowest BCUT2D eigenvalue weighted by Crippen LogP contribution is -2.53. The van der Waals surface area contributed by atoms with Crippen molar-refractivity contribution in [3.8, 4) is 0 Å². The molecular formula is C15H22F3N3. The number of rotatable bonds is 4. The van der Waals surface area contributed by atoms with E-state index in [0.29, 0.717) is 12.1 Å². The van der Waals surface area contributed by atoms with Gasteiger partial charge in [-0.15, -0.1) is 0 Å². The summed E-state index contributed by atoms with van der Waals surface area (Å²) in [5.41, 5.74) is 5.91. The van der Waals surface area contributed by atoms with Gasteiger partial charge in [0.25, 0.3) is 0 Å². The third-order valence-corrected chi connectivity index (χ3v) is 4.34. The van der Waals surface area contributed by atoms with Crippen LogP contribution in [0.1, 0.15) is 24.9 Å². The van der Waals surface area contributed by atoms with Crippen molar-refractivity contribution < 1.29 is 13.2 Å². The van der Waals surface area contributed by atoms with E-state index in [0.717, 1.165) is 32.1 Å². The molecule has 0 radical (unpaired) electrons. The zero-order valence-corrected chi connectivity index (χ0v) is 12.5. The van der Waals surface area contributed by atoms with Crippen LogP contribution in [0.15, 0.2) is 12.1 Å². The minimum absolute atomic E-state index is 0.135. The fourth-order valence-corrected chi connectivity index (χ4v) is 2.96. The Morgan fingerprint density at radius 1 is 1.19 bits per heavy atom. The zero-order chi connectivity index (χ0) is 15.6. The fraction of sp³-hybridized carbons (Fsp3) is 0.600. The average molecular weight is 301 g/mol. The van der Waals surface area contributed by atoms with Gasteiger partial charge in [0.1, 0.15) is 5.82 Å². The Balaban J connectivity index is 2.26. The molecule has 2 N–H and O–H groups in total. The first-order chi connectivity index (χ1) is 9.97. The first kappa shape index (κ1) is 16.3. The molecule has 0 aromatic heterocycles. The van der Waals surface area contributed by atoms with Crippen molar-refractivity contribution in [2.45, 2.75) is 25.4 Å². The van der Waals surface area contributed by atoms with E-state index < -0.39 is 23.5 Å². The number of piperazine rings is 1. The van der Waals surface area contributed by atoms with Gasteiger partial charge in [-0.1, -0.05) is 6.92 Å². The summed E-state index contributed by atoms with van der Waals surface area (Å²) in [5, 5.41) is 0. The topological polar surface area (TPSA) is 32.5 Å². The van der Waals surface area contributed by atoms with Crippen LogP contribution in [0.5, 0.6) is 0 Å². The zero-order valence-electron chi connectivity index (χ0n) is 12.5. The van der Waals surface area contributed by atoms with Gasteiger partial charge < -0.3 is 10.6 Å². The third kappa shape index (κ3) is 3.39. The number of nitrogens with two attached hydrogens (primary N) is 1. The lowest BCUT2D eigenvalue weighted by Gasteiger charge is -2.42. The van der Waals surface area contributed by atoms with E-state index in [-0.39, 0.29) is 12.1 Å². The first-order valence-electron chi connectivity index (χ1n) is 7.26. The molecule has 3 nitrogen and oxygen atoms in total. The number of nitrogens with zero attached hydrogens (tertiary/aromatic N) is 2. The maximum absolute atomic E-state index is 14.0. The van der Waals surface area contributed by atoms with E-state index in [2.05, 4.69) is 23.8 Å². The summed E-state index contributed by atoms with van der Waals surface area (Å²) in [4.78, 5) is 4.32. The highest BCUT2D eigenvalue weighted by Crippen LogP contribution is 2.27. The molecule has 2 unspecified atom stereocenters. The summed E-state index contributed by atoms with van der Waals surface area (Å²) in [6.07, 6.45) is 0.977. The van der Waals surface area contributed by atoms with E-state index in [4.69, 9.17) is 5.73 Å². The lowest BCUT2D eigenvalue weighted by molar-refractivity contribution is 0.0631. The summed E-state index contributed by atoms with van der Waals surface area (Å²) in [7, 11) is 2.06. The molecule has 1 aliphatic rings. The van der Waals surface area contributed by atoms with Gasteiger partial charge in [-0.2, -0.15) is 0 Å². The van der Waals surface area contributed by atoms with Gasteiger partial charge in [0.05, 0.1) is 6.04 Å². The largest absolute Gasteiger partial charge is 0.329 e. The van der Waals surface area contributed by atoms with Crippen molar-refractivity contribution >= 4 is 0 Å². The molecule has 1 aromatic carbocycles. The quantitative estimate of drug-likeness (QED) is 0.865. The maximum atomic E-state index is 14.0. The van der Waals surface area contributed by atoms with Crippen molar-refractivity contribution in [2.24, 2.45) is 5.73 Å². The van der Waals surface area contributed by atoms with Gasteiger partial charge in [0.15, 0.2) is 11.6 Å². The summed E-state index contributed by atoms with van der Waals surface area (Å²) in [5.74, 6) is -2.95. The molecule has 21 heavy (non-hydrogen) atoms. The second-order valence-electron chi connectivity index (χ2n) is 5.58. The number of likely N-dealkylation sites (N-methyl/N-ethyl adjacent to an activating group) is 1. The predicted octanol–water partition coefficient (Wildman–Crippen LogP) is 2.13. The van der Waals surface area contributed by atoms with Crippen LogP contribution in [0.2, 0.25) is 0 Å². The second-order valence-corrected chi connectivity index (χ2v) is 5.58. The third-order valence-electron chi connectivity index (χ3n) is 4.34. The van der Waals surface area contributed by atoms with Gasteiger partial charge in [-0.25, -0.2) is 13.2 Å². The highest BCUT2D eigenvalue weighted by atomic mass is 19.2. The molecule has 2 atom stereocenters. The maximum Gasteiger partial charge on any atom is 0.161 e. The van der Waals surface area contributed by atoms with E-state index in [1.54, 1.807) is 0 Å². The summed E-state index contributed by atoms with van der Waals surface area (Å²) in [6, 6.07) is 1.46. The van der Waals surface area contributed by atoms with Gasteiger partial charge in [-0.3, -0.25) is 4.90 Å². The van der Waals surface area contributed by atoms with Crippen molar-refractivity contribution in [3.05, 3.63) is 35.1 Å². The standard InChI is InChI=1S/C15H22F3N3/c1-3-10-9-21(5-4-20(10)2)15(8-19)11-6-13(17)14(18)7-12(11)16/h6-7,10,15H,3-5,8-9,19H2,1-2H3. The van der Waals surface area contributed by atoms with Gasteiger partial charge in [0, 0.05) is 43.9 Å². The Morgan fingerprint density at radius 3 is 2.48 bits per heavy atom. The van der Waals surface area contributed by atoms with Gasteiger partial charge >= 0.3 is 0 Å². The van der Waals surface area contributed by atoms with Gasteiger partial charge in [0.2, 0.25) is 0 Å². The van der Waals surface area contributed by atoms with Crippen molar-refractivity contribution in [2.75, 3.05) is 33.2 Å². The Morgan fingerprint density at radius 2 is 1.86 bits per heavy atom. The molecule has 118 valence electrons. The molecular weight excluding hydrogens is 279 g/mol. The molecule has 1 fully saturated rings. The molecule has 0 aliphatic carbocycles. The van der Waals surface area contributed by atoms with E-state index in [1.165, 1.54) is 0 Å². The molecule has 1 heterocycles. The molecule has 2 rings (SSSR count). The average Bonchev–Trinajstić information content (AvgIpc) is 2.46. The lowest BCUT2D eigenvalue weighted by atomic mass is 10.0. The predicted molar refractivity (Wildman–Crippen MR) is 76.4 cm³/mol. The fourth-order valence-electron chi connectivity index (χ4n) is 2.96. The second kappa shape index (κ2) is 6.77. The molecule has 1 aromatic rings. The van der Waals surface area contributed by atoms with E-state index >= 15 is 0 Å². The van der Waals surface area contributed by atoms with Crippen LogP contribution < -0.4 is 5.73 Å². The Labute approximate surface area is 123 Å². The van der Waals surface area contributed by atoms with Gasteiger partial charge in [-0.05, 0) is 19.5 Å². The highest BCUT2D eigenvalue weighted by molar-refractivity contribution is 5.24. The smallest absolute Gasteiger partial charge is 0.161 e. The van der Waals surface area contributed by atoms with Crippen molar-refractivity contribution in [3.63, 3.8) is 0 Å². The SMILES string of the molecule is CCC1CN(C(CN)c2cc(F)c(F)cc2F)CCN1C. The molecule has 0 amide bonds. The van der Waals surface area contributed by atoms with E-state index in [9.17, 15) is 13.2 Å². The molecule has 0 spiro atoms.